The molecule has 5 heteroatoms. The largest absolute Gasteiger partial charge is 0.377 e. The lowest BCUT2D eigenvalue weighted by Crippen LogP contribution is -2.33. The predicted octanol–water partition coefficient (Wildman–Crippen LogP) is 3.13. The molecule has 1 N–H and O–H groups in total. The summed E-state index contributed by atoms with van der Waals surface area (Å²) in [5.41, 5.74) is 1.69. The number of nitrogens with one attached hydrogen (secondary N) is 1. The summed E-state index contributed by atoms with van der Waals surface area (Å²) in [5, 5.41) is 13.9. The Kier molecular flexibility index (Phi) is 5.58. The molecule has 1 heterocycles. The molecule has 1 aliphatic rings. The third kappa shape index (κ3) is 3.70. The number of rotatable bonds is 4. The Hall–Kier alpha value is -1.62. The Bertz CT molecular complexity index is 403. The Balaban J connectivity index is 0.000000771. The third-order valence-corrected chi connectivity index (χ3v) is 2.66. The highest BCUT2D eigenvalue weighted by atomic mass is 16.6. The number of aryl methyl sites for hydroxylation is 1. The van der Waals surface area contributed by atoms with Crippen molar-refractivity contribution in [2.24, 2.45) is 0 Å². The van der Waals surface area contributed by atoms with Crippen LogP contribution in [-0.4, -0.2) is 24.2 Å². The van der Waals surface area contributed by atoms with Crippen LogP contribution < -0.4 is 5.32 Å². The highest BCUT2D eigenvalue weighted by Gasteiger charge is 2.19. The van der Waals surface area contributed by atoms with Crippen molar-refractivity contribution in [3.63, 3.8) is 0 Å². The molecular weight excluding hydrogens is 232 g/mol. The summed E-state index contributed by atoms with van der Waals surface area (Å²) in [5.74, 6) is 0. The summed E-state index contributed by atoms with van der Waals surface area (Å²) >= 11 is 0. The molecule has 1 aromatic rings. The van der Waals surface area contributed by atoms with Gasteiger partial charge in [0.1, 0.15) is 5.69 Å². The maximum absolute atomic E-state index is 10.8. The number of hydrogen-bond donors (Lipinski definition) is 1. The number of nitro benzene ring substituents is 1. The normalized spacial score (nSPS) is 17.2. The summed E-state index contributed by atoms with van der Waals surface area (Å²) in [6, 6.07) is 5.05. The number of nitrogens with zero attached hydrogens (tertiary/aromatic N) is 1. The first kappa shape index (κ1) is 14.4. The van der Waals surface area contributed by atoms with Crippen molar-refractivity contribution in [1.82, 2.24) is 0 Å². The zero-order valence-corrected chi connectivity index (χ0v) is 11.1. The molecule has 0 bridgehead atoms. The van der Waals surface area contributed by atoms with Crippen LogP contribution in [0.15, 0.2) is 18.2 Å². The smallest absolute Gasteiger partial charge is 0.292 e. The Morgan fingerprint density at radius 1 is 1.50 bits per heavy atom. The van der Waals surface area contributed by atoms with Crippen LogP contribution in [0.2, 0.25) is 0 Å². The van der Waals surface area contributed by atoms with Crippen LogP contribution >= 0.6 is 0 Å². The van der Waals surface area contributed by atoms with Gasteiger partial charge >= 0.3 is 0 Å². The van der Waals surface area contributed by atoms with Gasteiger partial charge in [0.15, 0.2) is 0 Å². The molecule has 1 fully saturated rings. The second-order valence-electron chi connectivity index (χ2n) is 3.94. The topological polar surface area (TPSA) is 64.4 Å². The number of hydrogen-bond acceptors (Lipinski definition) is 4. The van der Waals surface area contributed by atoms with Crippen LogP contribution in [0.4, 0.5) is 11.4 Å². The van der Waals surface area contributed by atoms with Crippen LogP contribution in [0.3, 0.4) is 0 Å². The van der Waals surface area contributed by atoms with Crippen LogP contribution in [0, 0.1) is 17.0 Å². The molecular formula is C13H20N2O3. The zero-order chi connectivity index (χ0) is 13.5. The Morgan fingerprint density at radius 2 is 2.17 bits per heavy atom. The van der Waals surface area contributed by atoms with Crippen molar-refractivity contribution < 1.29 is 9.66 Å². The van der Waals surface area contributed by atoms with Crippen molar-refractivity contribution in [3.05, 3.63) is 33.9 Å². The van der Waals surface area contributed by atoms with E-state index in [2.05, 4.69) is 5.32 Å². The van der Waals surface area contributed by atoms with Gasteiger partial charge in [0.05, 0.1) is 11.0 Å². The van der Waals surface area contributed by atoms with Gasteiger partial charge in [0.2, 0.25) is 0 Å². The fourth-order valence-corrected chi connectivity index (χ4v) is 1.62. The molecule has 100 valence electrons. The van der Waals surface area contributed by atoms with E-state index in [1.807, 2.05) is 20.8 Å². The molecule has 1 atom stereocenters. The van der Waals surface area contributed by atoms with Crippen LogP contribution in [0.25, 0.3) is 0 Å². The van der Waals surface area contributed by atoms with Gasteiger partial charge in [-0.05, 0) is 25.0 Å². The molecule has 0 amide bonds. The molecule has 0 aromatic heterocycles. The molecule has 2 rings (SSSR count). The predicted molar refractivity (Wildman–Crippen MR) is 72.0 cm³/mol. The standard InChI is InChI=1S/C11H14N2O3.C2H6/c1-8-2-3-11(13(14)15)10(6-8)12-7-9-4-5-16-9;1-2/h2-3,6,9,12H,4-5,7H2,1H3;1-2H3. The molecule has 18 heavy (non-hydrogen) atoms. The SMILES string of the molecule is CC.Cc1ccc([N+](=O)[O-])c(NCC2CCO2)c1. The minimum atomic E-state index is -0.372. The Labute approximate surface area is 107 Å². The minimum Gasteiger partial charge on any atom is -0.377 e. The van der Waals surface area contributed by atoms with Crippen LogP contribution in [0.1, 0.15) is 25.8 Å². The first-order valence-corrected chi connectivity index (χ1v) is 6.27. The van der Waals surface area contributed by atoms with Gasteiger partial charge in [-0.2, -0.15) is 0 Å². The van der Waals surface area contributed by atoms with E-state index in [9.17, 15) is 10.1 Å². The second kappa shape index (κ2) is 6.96. The van der Waals surface area contributed by atoms with Gasteiger partial charge in [-0.15, -0.1) is 0 Å². The van der Waals surface area contributed by atoms with Crippen molar-refractivity contribution in [2.45, 2.75) is 33.3 Å². The monoisotopic (exact) mass is 252 g/mol. The summed E-state index contributed by atoms with van der Waals surface area (Å²) in [6.45, 7) is 7.33. The average Bonchev–Trinajstić information content (AvgIpc) is 2.29. The second-order valence-corrected chi connectivity index (χ2v) is 3.94. The van der Waals surface area contributed by atoms with E-state index < -0.39 is 0 Å². The third-order valence-electron chi connectivity index (χ3n) is 2.66. The van der Waals surface area contributed by atoms with E-state index in [-0.39, 0.29) is 16.7 Å². The maximum Gasteiger partial charge on any atom is 0.292 e. The quantitative estimate of drug-likeness (QED) is 0.660. The lowest BCUT2D eigenvalue weighted by molar-refractivity contribution is -0.384. The highest BCUT2D eigenvalue weighted by molar-refractivity contribution is 5.62. The molecule has 1 unspecified atom stereocenters. The number of ether oxygens (including phenoxy) is 1. The lowest BCUT2D eigenvalue weighted by atomic mass is 10.1. The zero-order valence-electron chi connectivity index (χ0n) is 11.1. The molecule has 1 aliphatic heterocycles. The molecule has 0 spiro atoms. The van der Waals surface area contributed by atoms with Crippen molar-refractivity contribution in [3.8, 4) is 0 Å². The first-order chi connectivity index (χ1) is 8.66. The van der Waals surface area contributed by atoms with Gasteiger partial charge in [-0.3, -0.25) is 10.1 Å². The molecule has 1 saturated heterocycles. The van der Waals surface area contributed by atoms with Crippen LogP contribution in [0.5, 0.6) is 0 Å². The van der Waals surface area contributed by atoms with E-state index in [0.717, 1.165) is 18.6 Å². The van der Waals surface area contributed by atoms with Gasteiger partial charge in [-0.25, -0.2) is 0 Å². The van der Waals surface area contributed by atoms with Gasteiger partial charge in [-0.1, -0.05) is 19.9 Å². The first-order valence-electron chi connectivity index (χ1n) is 6.27. The van der Waals surface area contributed by atoms with Crippen molar-refractivity contribution in [1.29, 1.82) is 0 Å². The molecule has 0 aliphatic carbocycles. The molecule has 1 aromatic carbocycles. The van der Waals surface area contributed by atoms with Crippen molar-refractivity contribution >= 4 is 11.4 Å². The summed E-state index contributed by atoms with van der Waals surface area (Å²) in [4.78, 5) is 10.4. The fourth-order valence-electron chi connectivity index (χ4n) is 1.62. The summed E-state index contributed by atoms with van der Waals surface area (Å²) < 4.78 is 5.25. The molecule has 5 nitrogen and oxygen atoms in total. The fraction of sp³-hybridized carbons (Fsp3) is 0.538. The lowest BCUT2D eigenvalue weighted by Gasteiger charge is -2.26. The van der Waals surface area contributed by atoms with E-state index in [1.165, 1.54) is 6.07 Å². The average molecular weight is 252 g/mol. The number of benzene rings is 1. The molecule has 0 radical (unpaired) electrons. The maximum atomic E-state index is 10.8. The van der Waals surface area contributed by atoms with Crippen LogP contribution in [-0.2, 0) is 4.74 Å². The minimum absolute atomic E-state index is 0.116. The molecule has 0 saturated carbocycles. The van der Waals surface area contributed by atoms with Gasteiger partial charge in [0, 0.05) is 19.2 Å². The number of nitro groups is 1. The van der Waals surface area contributed by atoms with E-state index in [1.54, 1.807) is 12.1 Å². The van der Waals surface area contributed by atoms with E-state index >= 15 is 0 Å². The van der Waals surface area contributed by atoms with E-state index in [4.69, 9.17) is 4.74 Å². The Morgan fingerprint density at radius 3 is 2.67 bits per heavy atom. The van der Waals surface area contributed by atoms with Crippen molar-refractivity contribution in [2.75, 3.05) is 18.5 Å². The summed E-state index contributed by atoms with van der Waals surface area (Å²) in [6.07, 6.45) is 1.22. The van der Waals surface area contributed by atoms with Gasteiger partial charge < -0.3 is 10.1 Å². The number of anilines is 1. The van der Waals surface area contributed by atoms with E-state index in [0.29, 0.717) is 12.2 Å². The van der Waals surface area contributed by atoms with Gasteiger partial charge in [0.25, 0.3) is 5.69 Å². The summed E-state index contributed by atoms with van der Waals surface area (Å²) in [7, 11) is 0. The highest BCUT2D eigenvalue weighted by Crippen LogP contribution is 2.25.